The van der Waals surface area contributed by atoms with Crippen LogP contribution in [0.25, 0.3) is 22.0 Å². The number of aromatic nitrogens is 2. The molecule has 0 bridgehead atoms. The molecule has 108 valence electrons. The van der Waals surface area contributed by atoms with Crippen molar-refractivity contribution in [1.29, 1.82) is 0 Å². The highest BCUT2D eigenvalue weighted by Crippen LogP contribution is 2.40. The number of fused-ring (bicyclic) bond motifs is 5. The van der Waals surface area contributed by atoms with E-state index in [9.17, 15) is 9.59 Å². The van der Waals surface area contributed by atoms with Gasteiger partial charge in [0.05, 0.1) is 18.2 Å². The second-order valence-electron chi connectivity index (χ2n) is 5.27. The molecule has 2 heterocycles. The van der Waals surface area contributed by atoms with Gasteiger partial charge < -0.3 is 9.72 Å². The molecule has 0 amide bonds. The third-order valence-corrected chi connectivity index (χ3v) is 4.18. The van der Waals surface area contributed by atoms with Crippen molar-refractivity contribution in [2.75, 3.05) is 7.11 Å². The molecule has 0 saturated carbocycles. The molecule has 0 atom stereocenters. The van der Waals surface area contributed by atoms with E-state index in [1.54, 1.807) is 25.6 Å². The minimum Gasteiger partial charge on any atom is -0.496 e. The average molecular weight is 292 g/mol. The van der Waals surface area contributed by atoms with Gasteiger partial charge in [-0.05, 0) is 25.1 Å². The average Bonchev–Trinajstić information content (AvgIpc) is 2.83. The molecule has 1 aromatic carbocycles. The lowest BCUT2D eigenvalue weighted by Gasteiger charge is -2.11. The zero-order valence-electron chi connectivity index (χ0n) is 12.1. The number of carbonyl (C=O) groups excluding carboxylic acids is 1. The fourth-order valence-corrected chi connectivity index (χ4v) is 3.13. The van der Waals surface area contributed by atoms with Crippen molar-refractivity contribution < 1.29 is 9.53 Å². The van der Waals surface area contributed by atoms with E-state index in [-0.39, 0.29) is 16.9 Å². The van der Waals surface area contributed by atoms with E-state index in [1.807, 2.05) is 19.1 Å². The maximum atomic E-state index is 12.5. The van der Waals surface area contributed by atoms with Gasteiger partial charge >= 0.3 is 0 Å². The predicted molar refractivity (Wildman–Crippen MR) is 82.5 cm³/mol. The molecule has 1 aliphatic carbocycles. The summed E-state index contributed by atoms with van der Waals surface area (Å²) in [5.41, 5.74) is 3.25. The van der Waals surface area contributed by atoms with Crippen LogP contribution in [0.5, 0.6) is 5.75 Å². The number of aromatic amines is 1. The van der Waals surface area contributed by atoms with Gasteiger partial charge in [-0.25, -0.2) is 0 Å². The fourth-order valence-electron chi connectivity index (χ4n) is 3.13. The van der Waals surface area contributed by atoms with Crippen molar-refractivity contribution in [2.24, 2.45) is 0 Å². The van der Waals surface area contributed by atoms with Gasteiger partial charge in [0, 0.05) is 40.0 Å². The first-order valence-corrected chi connectivity index (χ1v) is 6.86. The van der Waals surface area contributed by atoms with Crippen LogP contribution >= 0.6 is 0 Å². The number of pyridine rings is 2. The van der Waals surface area contributed by atoms with E-state index >= 15 is 0 Å². The van der Waals surface area contributed by atoms with Crippen molar-refractivity contribution in [1.82, 2.24) is 9.97 Å². The van der Waals surface area contributed by atoms with Crippen LogP contribution in [-0.2, 0) is 0 Å². The number of hydrogen-bond donors (Lipinski definition) is 1. The Morgan fingerprint density at radius 1 is 1.09 bits per heavy atom. The zero-order valence-corrected chi connectivity index (χ0v) is 12.1. The predicted octanol–water partition coefficient (Wildman–Crippen LogP) is 2.45. The second kappa shape index (κ2) is 4.27. The van der Waals surface area contributed by atoms with Crippen molar-refractivity contribution in [3.63, 3.8) is 0 Å². The molecule has 22 heavy (non-hydrogen) atoms. The number of benzene rings is 1. The van der Waals surface area contributed by atoms with Crippen LogP contribution in [0.3, 0.4) is 0 Å². The number of aryl methyl sites for hydroxylation is 1. The highest BCUT2D eigenvalue weighted by atomic mass is 16.5. The second-order valence-corrected chi connectivity index (χ2v) is 5.27. The van der Waals surface area contributed by atoms with Crippen molar-refractivity contribution >= 4 is 16.7 Å². The standard InChI is InChI=1S/C17H12N2O3/c1-8-12(22-2)4-3-10-13-11-7-18-6-5-9(11)16(20)14(13)17(21)19-15(8)10/h3-7H,1-2H3,(H,19,21). The summed E-state index contributed by atoms with van der Waals surface area (Å²) in [6.07, 6.45) is 3.20. The van der Waals surface area contributed by atoms with Gasteiger partial charge in [-0.2, -0.15) is 0 Å². The first kappa shape index (κ1) is 12.8. The number of carbonyl (C=O) groups is 1. The molecule has 5 heteroatoms. The Morgan fingerprint density at radius 3 is 2.68 bits per heavy atom. The molecular weight excluding hydrogens is 280 g/mol. The van der Waals surface area contributed by atoms with E-state index in [0.717, 1.165) is 10.9 Å². The molecule has 2 aromatic heterocycles. The molecule has 0 spiro atoms. The summed E-state index contributed by atoms with van der Waals surface area (Å²) in [6, 6.07) is 5.36. The lowest BCUT2D eigenvalue weighted by Crippen LogP contribution is -2.16. The maximum absolute atomic E-state index is 12.5. The van der Waals surface area contributed by atoms with Crippen LogP contribution in [0.15, 0.2) is 35.4 Å². The largest absolute Gasteiger partial charge is 0.496 e. The quantitative estimate of drug-likeness (QED) is 0.585. The Bertz CT molecular complexity index is 1020. The summed E-state index contributed by atoms with van der Waals surface area (Å²) in [5.74, 6) is 0.447. The topological polar surface area (TPSA) is 72.1 Å². The van der Waals surface area contributed by atoms with Gasteiger partial charge in [0.2, 0.25) is 0 Å². The molecule has 4 rings (SSSR count). The number of ketones is 1. The molecule has 3 aromatic rings. The summed E-state index contributed by atoms with van der Waals surface area (Å²) in [4.78, 5) is 31.8. The number of hydrogen-bond acceptors (Lipinski definition) is 4. The van der Waals surface area contributed by atoms with Crippen LogP contribution in [0, 0.1) is 6.92 Å². The normalized spacial score (nSPS) is 12.4. The van der Waals surface area contributed by atoms with Gasteiger partial charge in [0.1, 0.15) is 5.75 Å². The molecular formula is C17H12N2O3. The van der Waals surface area contributed by atoms with Crippen LogP contribution in [0.2, 0.25) is 0 Å². The smallest absolute Gasteiger partial charge is 0.260 e. The van der Waals surface area contributed by atoms with E-state index in [1.165, 1.54) is 0 Å². The third-order valence-electron chi connectivity index (χ3n) is 4.18. The number of rotatable bonds is 1. The first-order chi connectivity index (χ1) is 10.6. The summed E-state index contributed by atoms with van der Waals surface area (Å²) >= 11 is 0. The third kappa shape index (κ3) is 1.45. The molecule has 0 fully saturated rings. The van der Waals surface area contributed by atoms with E-state index in [2.05, 4.69) is 9.97 Å². The van der Waals surface area contributed by atoms with E-state index < -0.39 is 0 Å². The Labute approximate surface area is 125 Å². The molecule has 1 aliphatic rings. The fraction of sp³-hybridized carbons (Fsp3) is 0.118. The van der Waals surface area contributed by atoms with Crippen LogP contribution in [0.1, 0.15) is 21.5 Å². The van der Waals surface area contributed by atoms with Crippen LogP contribution in [-0.4, -0.2) is 22.9 Å². The van der Waals surface area contributed by atoms with E-state index in [0.29, 0.717) is 28.0 Å². The number of H-pyrrole nitrogens is 1. The highest BCUT2D eigenvalue weighted by Gasteiger charge is 2.31. The van der Waals surface area contributed by atoms with Gasteiger partial charge in [0.15, 0.2) is 5.78 Å². The van der Waals surface area contributed by atoms with Crippen molar-refractivity contribution in [3.8, 4) is 16.9 Å². The highest BCUT2D eigenvalue weighted by molar-refractivity contribution is 6.25. The number of nitrogens with one attached hydrogen (secondary N) is 1. The number of nitrogens with zero attached hydrogens (tertiary/aromatic N) is 1. The molecule has 0 aliphatic heterocycles. The summed E-state index contributed by atoms with van der Waals surface area (Å²) in [6.45, 7) is 1.88. The van der Waals surface area contributed by atoms with E-state index in [4.69, 9.17) is 4.74 Å². The maximum Gasteiger partial charge on any atom is 0.260 e. The summed E-state index contributed by atoms with van der Waals surface area (Å²) in [5, 5.41) is 0.827. The lowest BCUT2D eigenvalue weighted by atomic mass is 10.00. The Kier molecular flexibility index (Phi) is 2.48. The number of methoxy groups -OCH3 is 1. The molecule has 1 N–H and O–H groups in total. The monoisotopic (exact) mass is 292 g/mol. The van der Waals surface area contributed by atoms with Gasteiger partial charge in [0.25, 0.3) is 5.56 Å². The molecule has 0 radical (unpaired) electrons. The minimum absolute atomic E-state index is 0.195. The lowest BCUT2D eigenvalue weighted by molar-refractivity contribution is 0.104. The van der Waals surface area contributed by atoms with Crippen LogP contribution in [0.4, 0.5) is 0 Å². The molecule has 5 nitrogen and oxygen atoms in total. The summed E-state index contributed by atoms with van der Waals surface area (Å²) in [7, 11) is 1.59. The SMILES string of the molecule is COc1ccc2c3c(c(=O)[nH]c2c1C)C(=O)c1ccncc1-3. The Morgan fingerprint density at radius 2 is 1.91 bits per heavy atom. The van der Waals surface area contributed by atoms with Gasteiger partial charge in [-0.1, -0.05) is 0 Å². The molecule has 0 saturated heterocycles. The Balaban J connectivity index is 2.23. The van der Waals surface area contributed by atoms with Crippen LogP contribution < -0.4 is 10.3 Å². The minimum atomic E-state index is -0.375. The van der Waals surface area contributed by atoms with Gasteiger partial charge in [-0.3, -0.25) is 14.6 Å². The zero-order chi connectivity index (χ0) is 15.4. The van der Waals surface area contributed by atoms with Crippen molar-refractivity contribution in [3.05, 3.63) is 57.6 Å². The first-order valence-electron chi connectivity index (χ1n) is 6.86. The summed E-state index contributed by atoms with van der Waals surface area (Å²) < 4.78 is 5.30. The Hall–Kier alpha value is -2.95. The number of ether oxygens (including phenoxy) is 1. The van der Waals surface area contributed by atoms with Gasteiger partial charge in [-0.15, -0.1) is 0 Å². The molecule has 0 unspecified atom stereocenters. The van der Waals surface area contributed by atoms with Crippen molar-refractivity contribution in [2.45, 2.75) is 6.92 Å².